The van der Waals surface area contributed by atoms with Crippen LogP contribution in [0.25, 0.3) is 11.3 Å². The van der Waals surface area contributed by atoms with Crippen LogP contribution in [0.4, 0.5) is 18.0 Å². The number of ether oxygens (including phenoxy) is 1. The quantitative estimate of drug-likeness (QED) is 0.201. The molecule has 1 aromatic carbocycles. The number of carbonyl (C=O) groups is 2. The van der Waals surface area contributed by atoms with Crippen LogP contribution < -0.4 is 21.7 Å². The summed E-state index contributed by atoms with van der Waals surface area (Å²) in [7, 11) is 0. The average molecular weight is 650 g/mol. The number of urea groups is 1. The molecule has 3 heterocycles. The molecule has 5 N–H and O–H groups in total. The Morgan fingerprint density at radius 3 is 2.67 bits per heavy atom. The van der Waals surface area contributed by atoms with Gasteiger partial charge in [0.15, 0.2) is 0 Å². The summed E-state index contributed by atoms with van der Waals surface area (Å²) >= 11 is 0. The van der Waals surface area contributed by atoms with Gasteiger partial charge in [0.2, 0.25) is 5.91 Å². The lowest BCUT2D eigenvalue weighted by Gasteiger charge is -2.40. The van der Waals surface area contributed by atoms with Crippen molar-refractivity contribution in [1.82, 2.24) is 30.4 Å². The van der Waals surface area contributed by atoms with E-state index in [0.29, 0.717) is 57.9 Å². The number of nitrogens with zero attached hydrogens (tertiary/aromatic N) is 3. The number of unbranched alkanes of at least 4 members (excludes halogenated alkanes) is 2. The fourth-order valence-electron chi connectivity index (χ4n) is 6.31. The Balaban J connectivity index is 1.65. The first-order valence-corrected chi connectivity index (χ1v) is 16.7. The number of amides is 3. The van der Waals surface area contributed by atoms with Crippen molar-refractivity contribution in [2.45, 2.75) is 83.6 Å². The molecule has 4 unspecified atom stereocenters. The van der Waals surface area contributed by atoms with Gasteiger partial charge in [-0.25, -0.2) is 22.9 Å². The SMILES string of the molecule is CCCn1cc(-c2cc(F)ccc2F)nc1C(C1CCOCC1)N(CC1CNCC1F)C(=O)NC(C)CNC(=O)CCCCCN. The normalized spacial score (nSPS) is 20.0. The fourth-order valence-corrected chi connectivity index (χ4v) is 6.31. The van der Waals surface area contributed by atoms with Crippen molar-refractivity contribution in [2.24, 2.45) is 17.6 Å². The van der Waals surface area contributed by atoms with Gasteiger partial charge in [-0.1, -0.05) is 13.3 Å². The number of hydrogen-bond acceptors (Lipinski definition) is 6. The van der Waals surface area contributed by atoms with E-state index in [4.69, 9.17) is 15.5 Å². The van der Waals surface area contributed by atoms with Crippen molar-refractivity contribution >= 4 is 11.9 Å². The fraction of sp³-hybridized carbons (Fsp3) is 0.667. The highest BCUT2D eigenvalue weighted by Crippen LogP contribution is 2.38. The number of imidazole rings is 1. The van der Waals surface area contributed by atoms with Crippen LogP contribution in [0, 0.1) is 23.5 Å². The molecule has 4 atom stereocenters. The van der Waals surface area contributed by atoms with Gasteiger partial charge in [0, 0.05) is 76.1 Å². The molecule has 256 valence electrons. The van der Waals surface area contributed by atoms with Gasteiger partial charge in [0.1, 0.15) is 23.6 Å². The monoisotopic (exact) mass is 649 g/mol. The second kappa shape index (κ2) is 17.7. The van der Waals surface area contributed by atoms with Crippen LogP contribution in [0.3, 0.4) is 0 Å². The molecule has 2 aromatic rings. The minimum atomic E-state index is -1.13. The molecule has 0 saturated carbocycles. The number of aromatic nitrogens is 2. The molecule has 13 heteroatoms. The number of benzene rings is 1. The second-order valence-electron chi connectivity index (χ2n) is 12.5. The van der Waals surface area contributed by atoms with E-state index >= 15 is 4.39 Å². The molecule has 1 aromatic heterocycles. The zero-order valence-electron chi connectivity index (χ0n) is 27.1. The van der Waals surface area contributed by atoms with Gasteiger partial charge >= 0.3 is 6.03 Å². The van der Waals surface area contributed by atoms with Gasteiger partial charge < -0.3 is 35.9 Å². The van der Waals surface area contributed by atoms with Crippen LogP contribution in [0.1, 0.15) is 70.7 Å². The average Bonchev–Trinajstić information content (AvgIpc) is 3.65. The predicted octanol–water partition coefficient (Wildman–Crippen LogP) is 4.30. The molecular formula is C33H50F3N7O3. The maximum atomic E-state index is 15.1. The van der Waals surface area contributed by atoms with E-state index in [1.807, 2.05) is 18.4 Å². The van der Waals surface area contributed by atoms with E-state index in [9.17, 15) is 18.4 Å². The smallest absolute Gasteiger partial charge is 0.318 e. The van der Waals surface area contributed by atoms with Gasteiger partial charge in [0.25, 0.3) is 0 Å². The summed E-state index contributed by atoms with van der Waals surface area (Å²) in [6.07, 6.45) is 5.50. The largest absolute Gasteiger partial charge is 0.381 e. The van der Waals surface area contributed by atoms with E-state index in [2.05, 4.69) is 16.0 Å². The highest BCUT2D eigenvalue weighted by molar-refractivity contribution is 5.77. The zero-order chi connectivity index (χ0) is 33.1. The third kappa shape index (κ3) is 9.68. The molecule has 3 amide bonds. The van der Waals surface area contributed by atoms with Gasteiger partial charge in [-0.2, -0.15) is 0 Å². The van der Waals surface area contributed by atoms with Crippen LogP contribution in [0.15, 0.2) is 24.4 Å². The predicted molar refractivity (Wildman–Crippen MR) is 171 cm³/mol. The van der Waals surface area contributed by atoms with E-state index in [0.717, 1.165) is 43.9 Å². The van der Waals surface area contributed by atoms with Gasteiger partial charge in [-0.05, 0) is 69.7 Å². The lowest BCUT2D eigenvalue weighted by Crippen LogP contribution is -2.52. The minimum absolute atomic E-state index is 0.0361. The first-order valence-electron chi connectivity index (χ1n) is 16.7. The highest BCUT2D eigenvalue weighted by Gasteiger charge is 2.40. The Morgan fingerprint density at radius 2 is 1.98 bits per heavy atom. The molecule has 4 rings (SSSR count). The van der Waals surface area contributed by atoms with E-state index in [1.54, 1.807) is 11.1 Å². The summed E-state index contributed by atoms with van der Waals surface area (Å²) in [4.78, 5) is 33.1. The molecule has 0 radical (unpaired) electrons. The van der Waals surface area contributed by atoms with Crippen molar-refractivity contribution < 1.29 is 27.5 Å². The number of hydrogen-bond donors (Lipinski definition) is 4. The summed E-state index contributed by atoms with van der Waals surface area (Å²) in [6.45, 7) is 6.96. The third-order valence-corrected chi connectivity index (χ3v) is 8.82. The highest BCUT2D eigenvalue weighted by atomic mass is 19.1. The lowest BCUT2D eigenvalue weighted by molar-refractivity contribution is -0.121. The van der Waals surface area contributed by atoms with Crippen LogP contribution in [0.2, 0.25) is 0 Å². The standard InChI is InChI=1S/C33H50F3N7O3/c1-3-13-42-21-29(26-16-25(34)8-9-27(26)35)41-32(42)31(23-10-14-46-15-11-23)43(20-24-18-38-19-28(24)36)33(45)40-22(2)17-39-30(44)7-5-4-6-12-37/h8-9,16,21-24,28,31,38H,3-7,10-15,17-20,37H2,1-2H3,(H,39,44)(H,40,45). The molecule has 2 aliphatic heterocycles. The summed E-state index contributed by atoms with van der Waals surface area (Å²) in [5.41, 5.74) is 5.84. The Bertz CT molecular complexity index is 1270. The van der Waals surface area contributed by atoms with Gasteiger partial charge in [-0.15, -0.1) is 0 Å². The molecule has 10 nitrogen and oxygen atoms in total. The van der Waals surface area contributed by atoms with Crippen LogP contribution in [-0.2, 0) is 16.1 Å². The van der Waals surface area contributed by atoms with E-state index in [1.165, 1.54) is 0 Å². The number of nitrogens with two attached hydrogens (primary N) is 1. The maximum absolute atomic E-state index is 15.1. The van der Waals surface area contributed by atoms with Crippen molar-refractivity contribution in [3.05, 3.63) is 41.9 Å². The van der Waals surface area contributed by atoms with Crippen molar-refractivity contribution in [1.29, 1.82) is 0 Å². The molecule has 46 heavy (non-hydrogen) atoms. The maximum Gasteiger partial charge on any atom is 0.318 e. The Morgan fingerprint density at radius 1 is 1.20 bits per heavy atom. The summed E-state index contributed by atoms with van der Waals surface area (Å²) in [6, 6.07) is 1.87. The third-order valence-electron chi connectivity index (χ3n) is 8.82. The molecule has 0 aliphatic carbocycles. The van der Waals surface area contributed by atoms with Crippen LogP contribution >= 0.6 is 0 Å². The number of carbonyl (C=O) groups excluding carboxylic acids is 2. The number of nitrogens with one attached hydrogen (secondary N) is 3. The molecule has 0 bridgehead atoms. The van der Waals surface area contributed by atoms with E-state index < -0.39 is 41.8 Å². The van der Waals surface area contributed by atoms with Gasteiger partial charge in [0.05, 0.1) is 11.7 Å². The van der Waals surface area contributed by atoms with Gasteiger partial charge in [-0.3, -0.25) is 4.79 Å². The Labute approximate surface area is 270 Å². The van der Waals surface area contributed by atoms with Crippen molar-refractivity contribution in [2.75, 3.05) is 45.9 Å². The van der Waals surface area contributed by atoms with Crippen molar-refractivity contribution in [3.8, 4) is 11.3 Å². The summed E-state index contributed by atoms with van der Waals surface area (Å²) < 4.78 is 51.8. The Kier molecular flexibility index (Phi) is 13.7. The Hall–Kier alpha value is -3.16. The summed E-state index contributed by atoms with van der Waals surface area (Å²) in [5.74, 6) is -1.23. The first-order chi connectivity index (χ1) is 22.2. The second-order valence-corrected chi connectivity index (χ2v) is 12.5. The number of rotatable bonds is 16. The lowest BCUT2D eigenvalue weighted by atomic mass is 9.89. The van der Waals surface area contributed by atoms with Crippen molar-refractivity contribution in [3.63, 3.8) is 0 Å². The topological polar surface area (TPSA) is 127 Å². The molecule has 2 aliphatic rings. The molecular weight excluding hydrogens is 599 g/mol. The van der Waals surface area contributed by atoms with Crippen LogP contribution in [-0.4, -0.2) is 84.5 Å². The first kappa shape index (κ1) is 35.7. The van der Waals surface area contributed by atoms with E-state index in [-0.39, 0.29) is 42.7 Å². The number of halogens is 3. The molecule has 2 saturated heterocycles. The minimum Gasteiger partial charge on any atom is -0.381 e. The summed E-state index contributed by atoms with van der Waals surface area (Å²) in [5, 5.41) is 9.01. The molecule has 0 spiro atoms. The van der Waals surface area contributed by atoms with Crippen LogP contribution in [0.5, 0.6) is 0 Å². The zero-order valence-corrected chi connectivity index (χ0v) is 27.1. The number of aryl methyl sites for hydroxylation is 1. The number of alkyl halides is 1. The molecule has 2 fully saturated rings.